The van der Waals surface area contributed by atoms with Crippen molar-refractivity contribution < 1.29 is 19.1 Å². The maximum Gasteiger partial charge on any atom is 0.268 e. The summed E-state index contributed by atoms with van der Waals surface area (Å²) in [4.78, 5) is 28.2. The number of hydrogen-bond acceptors (Lipinski definition) is 5. The Morgan fingerprint density at radius 2 is 1.77 bits per heavy atom. The van der Waals surface area contributed by atoms with Crippen molar-refractivity contribution in [1.82, 2.24) is 0 Å². The quantitative estimate of drug-likeness (QED) is 0.831. The average Bonchev–Trinajstić information content (AvgIpc) is 3.13. The van der Waals surface area contributed by atoms with E-state index in [4.69, 9.17) is 9.47 Å². The first-order valence-corrected chi connectivity index (χ1v) is 9.10. The van der Waals surface area contributed by atoms with Crippen LogP contribution in [0.1, 0.15) is 5.56 Å². The zero-order valence-corrected chi connectivity index (χ0v) is 15.5. The van der Waals surface area contributed by atoms with Crippen molar-refractivity contribution in [1.29, 1.82) is 0 Å². The van der Waals surface area contributed by atoms with Gasteiger partial charge in [-0.1, -0.05) is 18.2 Å². The smallest absolute Gasteiger partial charge is 0.268 e. The van der Waals surface area contributed by atoms with E-state index in [1.165, 1.54) is 11.8 Å². The number of thioether (sulfide) groups is 1. The van der Waals surface area contributed by atoms with Gasteiger partial charge in [0.05, 0.1) is 25.7 Å². The van der Waals surface area contributed by atoms with E-state index in [0.717, 1.165) is 11.3 Å². The molecule has 0 radical (unpaired) electrons. The van der Waals surface area contributed by atoms with Crippen LogP contribution in [0.25, 0.3) is 0 Å². The van der Waals surface area contributed by atoms with Gasteiger partial charge in [0, 0.05) is 24.4 Å². The minimum atomic E-state index is -1.08. The number of nitrogens with zero attached hydrogens (tertiary/aromatic N) is 2. The minimum Gasteiger partial charge on any atom is -0.493 e. The summed E-state index contributed by atoms with van der Waals surface area (Å²) in [5.74, 6) is 1.09. The highest BCUT2D eigenvalue weighted by atomic mass is 32.2. The number of rotatable bonds is 3. The molecule has 0 bridgehead atoms. The van der Waals surface area contributed by atoms with Crippen molar-refractivity contribution >= 4 is 35.0 Å². The fourth-order valence-electron chi connectivity index (χ4n) is 3.62. The SMILES string of the molecule is COc1ccc(N2C(=O)CS[C@@]23C(=O)N(C)c2ccccc23)cc1OC. The van der Waals surface area contributed by atoms with Gasteiger partial charge in [0.25, 0.3) is 5.91 Å². The molecular weight excluding hydrogens is 352 g/mol. The second-order valence-electron chi connectivity index (χ2n) is 6.08. The van der Waals surface area contributed by atoms with Crippen molar-refractivity contribution in [2.24, 2.45) is 0 Å². The first-order chi connectivity index (χ1) is 12.5. The molecule has 1 fully saturated rings. The molecule has 0 aliphatic carbocycles. The van der Waals surface area contributed by atoms with Gasteiger partial charge < -0.3 is 14.4 Å². The van der Waals surface area contributed by atoms with Crippen LogP contribution in [0.5, 0.6) is 11.5 Å². The average molecular weight is 370 g/mol. The summed E-state index contributed by atoms with van der Waals surface area (Å²) in [6, 6.07) is 12.9. The lowest BCUT2D eigenvalue weighted by atomic mass is 10.0. The normalized spacial score (nSPS) is 21.5. The molecule has 1 spiro atoms. The highest BCUT2D eigenvalue weighted by molar-refractivity contribution is 8.02. The Balaban J connectivity index is 1.91. The Kier molecular flexibility index (Phi) is 3.84. The molecule has 2 aliphatic heterocycles. The van der Waals surface area contributed by atoms with Crippen molar-refractivity contribution in [3.63, 3.8) is 0 Å². The number of amides is 2. The maximum atomic E-state index is 13.2. The van der Waals surface area contributed by atoms with Gasteiger partial charge in [-0.05, 0) is 18.2 Å². The Labute approximate surface area is 155 Å². The van der Waals surface area contributed by atoms with Crippen LogP contribution in [-0.4, -0.2) is 38.8 Å². The fraction of sp³-hybridized carbons (Fsp3) is 0.263. The summed E-state index contributed by atoms with van der Waals surface area (Å²) >= 11 is 1.35. The van der Waals surface area contributed by atoms with Crippen LogP contribution in [0.4, 0.5) is 11.4 Å². The topological polar surface area (TPSA) is 59.1 Å². The van der Waals surface area contributed by atoms with Crippen LogP contribution in [0.2, 0.25) is 0 Å². The molecule has 2 aliphatic rings. The molecule has 0 saturated carbocycles. The molecule has 2 aromatic rings. The minimum absolute atomic E-state index is 0.110. The second-order valence-corrected chi connectivity index (χ2v) is 7.25. The van der Waals surface area contributed by atoms with Crippen molar-refractivity contribution in [3.8, 4) is 11.5 Å². The van der Waals surface area contributed by atoms with Crippen LogP contribution in [0.3, 0.4) is 0 Å². The molecule has 7 heteroatoms. The lowest BCUT2D eigenvalue weighted by Gasteiger charge is -2.33. The van der Waals surface area contributed by atoms with E-state index >= 15 is 0 Å². The zero-order valence-electron chi connectivity index (χ0n) is 14.7. The van der Waals surface area contributed by atoms with Crippen LogP contribution in [0, 0.1) is 0 Å². The molecule has 134 valence electrons. The van der Waals surface area contributed by atoms with E-state index < -0.39 is 4.87 Å². The number of likely N-dealkylation sites (N-methyl/N-ethyl adjacent to an activating group) is 1. The van der Waals surface area contributed by atoms with Crippen molar-refractivity contribution in [2.75, 3.05) is 36.8 Å². The van der Waals surface area contributed by atoms with Crippen LogP contribution in [0.15, 0.2) is 42.5 Å². The highest BCUT2D eigenvalue weighted by Gasteiger charge is 2.60. The number of hydrogen-bond donors (Lipinski definition) is 0. The van der Waals surface area contributed by atoms with Gasteiger partial charge in [0.1, 0.15) is 0 Å². The molecule has 6 nitrogen and oxygen atoms in total. The number of para-hydroxylation sites is 1. The lowest BCUT2D eigenvalue weighted by Crippen LogP contribution is -2.49. The Morgan fingerprint density at radius 3 is 2.50 bits per heavy atom. The summed E-state index contributed by atoms with van der Waals surface area (Å²) in [5, 5.41) is 0. The number of fused-ring (bicyclic) bond motifs is 2. The fourth-order valence-corrected chi connectivity index (χ4v) is 5.01. The van der Waals surface area contributed by atoms with E-state index in [2.05, 4.69) is 0 Å². The molecule has 4 rings (SSSR count). The number of ether oxygens (including phenoxy) is 2. The monoisotopic (exact) mass is 370 g/mol. The number of methoxy groups -OCH3 is 2. The molecular formula is C19H18N2O4S. The molecule has 0 unspecified atom stereocenters. The largest absolute Gasteiger partial charge is 0.493 e. The molecule has 1 atom stereocenters. The molecule has 2 amide bonds. The van der Waals surface area contributed by atoms with Gasteiger partial charge in [-0.25, -0.2) is 0 Å². The van der Waals surface area contributed by atoms with Gasteiger partial charge in [0.15, 0.2) is 11.5 Å². The van der Waals surface area contributed by atoms with Gasteiger partial charge in [-0.3, -0.25) is 14.5 Å². The van der Waals surface area contributed by atoms with Gasteiger partial charge in [0.2, 0.25) is 10.8 Å². The molecule has 26 heavy (non-hydrogen) atoms. The third kappa shape index (κ3) is 2.07. The summed E-state index contributed by atoms with van der Waals surface area (Å²) in [6.07, 6.45) is 0. The summed E-state index contributed by atoms with van der Waals surface area (Å²) in [6.45, 7) is 0. The first kappa shape index (κ1) is 16.8. The number of carbonyl (C=O) groups excluding carboxylic acids is 2. The van der Waals surface area contributed by atoms with E-state index in [0.29, 0.717) is 17.2 Å². The zero-order chi connectivity index (χ0) is 18.5. The van der Waals surface area contributed by atoms with E-state index in [9.17, 15) is 9.59 Å². The third-order valence-electron chi connectivity index (χ3n) is 4.82. The third-order valence-corrected chi connectivity index (χ3v) is 6.21. The van der Waals surface area contributed by atoms with Gasteiger partial charge in [-0.15, -0.1) is 11.8 Å². The Morgan fingerprint density at radius 1 is 1.04 bits per heavy atom. The van der Waals surface area contributed by atoms with Crippen LogP contribution >= 0.6 is 11.8 Å². The number of anilines is 2. The summed E-state index contributed by atoms with van der Waals surface area (Å²) in [5.41, 5.74) is 2.26. The van der Waals surface area contributed by atoms with E-state index in [-0.39, 0.29) is 17.6 Å². The van der Waals surface area contributed by atoms with Crippen molar-refractivity contribution in [3.05, 3.63) is 48.0 Å². The Hall–Kier alpha value is -2.67. The highest BCUT2D eigenvalue weighted by Crippen LogP contribution is 2.55. The Bertz CT molecular complexity index is 916. The lowest BCUT2D eigenvalue weighted by molar-refractivity contribution is -0.123. The summed E-state index contributed by atoms with van der Waals surface area (Å²) in [7, 11) is 4.84. The van der Waals surface area contributed by atoms with Gasteiger partial charge >= 0.3 is 0 Å². The standard InChI is InChI=1S/C19H18N2O4S/c1-20-14-7-5-4-6-13(14)19(18(20)23)21(17(22)11-26-19)12-8-9-15(24-2)16(10-12)25-3/h4-10H,11H2,1-3H3/t19-/m0/s1. The first-order valence-electron chi connectivity index (χ1n) is 8.11. The number of benzene rings is 2. The molecule has 1 saturated heterocycles. The predicted molar refractivity (Wildman–Crippen MR) is 101 cm³/mol. The second kappa shape index (κ2) is 5.95. The molecule has 0 aromatic heterocycles. The van der Waals surface area contributed by atoms with E-state index in [1.54, 1.807) is 49.3 Å². The van der Waals surface area contributed by atoms with E-state index in [1.807, 2.05) is 24.3 Å². The molecule has 2 heterocycles. The van der Waals surface area contributed by atoms with Crippen molar-refractivity contribution in [2.45, 2.75) is 4.87 Å². The predicted octanol–water partition coefficient (Wildman–Crippen LogP) is 2.61. The molecule has 0 N–H and O–H groups in total. The molecule has 2 aromatic carbocycles. The van der Waals surface area contributed by atoms with Gasteiger partial charge in [-0.2, -0.15) is 0 Å². The maximum absolute atomic E-state index is 13.2. The van der Waals surface area contributed by atoms with Crippen LogP contribution in [-0.2, 0) is 14.5 Å². The van der Waals surface area contributed by atoms with Crippen LogP contribution < -0.4 is 19.3 Å². The summed E-state index contributed by atoms with van der Waals surface area (Å²) < 4.78 is 10.7. The number of carbonyl (C=O) groups is 2.